The molecule has 0 spiro atoms. The molecule has 1 aliphatic rings. The van der Waals surface area contributed by atoms with E-state index in [1.54, 1.807) is 0 Å². The molecule has 0 unspecified atom stereocenters. The number of aromatic nitrogens is 2. The monoisotopic (exact) mass is 367 g/mol. The van der Waals surface area contributed by atoms with E-state index < -0.39 is 0 Å². The van der Waals surface area contributed by atoms with E-state index in [-0.39, 0.29) is 5.91 Å². The first-order valence-electron chi connectivity index (χ1n) is 9.87. The maximum atomic E-state index is 13.1. The van der Waals surface area contributed by atoms with E-state index in [0.717, 1.165) is 57.2 Å². The van der Waals surface area contributed by atoms with Crippen LogP contribution in [-0.4, -0.2) is 71.5 Å². The Hall–Kier alpha value is -2.47. The lowest BCUT2D eigenvalue weighted by Crippen LogP contribution is -2.48. The molecule has 0 saturated carbocycles. The molecule has 0 atom stereocenters. The highest BCUT2D eigenvalue weighted by atomic mass is 16.2. The number of rotatable bonds is 6. The molecule has 0 bridgehead atoms. The van der Waals surface area contributed by atoms with E-state index in [2.05, 4.69) is 35.6 Å². The molecule has 2 heterocycles. The van der Waals surface area contributed by atoms with Crippen LogP contribution in [0, 0.1) is 0 Å². The molecule has 144 valence electrons. The SMILES string of the molecule is CCN1CCN(C(=O)c2cc(N(CC)CC)nc(-c3ccccc3)n2)CC1. The normalized spacial score (nSPS) is 15.0. The molecule has 1 saturated heterocycles. The number of likely N-dealkylation sites (N-methyl/N-ethyl adjacent to an activating group) is 1. The van der Waals surface area contributed by atoms with Gasteiger partial charge in [0.25, 0.3) is 5.91 Å². The highest BCUT2D eigenvalue weighted by molar-refractivity contribution is 5.93. The predicted octanol–water partition coefficient (Wildman–Crippen LogP) is 2.77. The number of nitrogens with zero attached hydrogens (tertiary/aromatic N) is 5. The summed E-state index contributed by atoms with van der Waals surface area (Å²) in [5, 5.41) is 0. The lowest BCUT2D eigenvalue weighted by molar-refractivity contribution is 0.0637. The van der Waals surface area contributed by atoms with Gasteiger partial charge in [-0.05, 0) is 20.4 Å². The van der Waals surface area contributed by atoms with Crippen molar-refractivity contribution in [3.63, 3.8) is 0 Å². The van der Waals surface area contributed by atoms with Crippen LogP contribution in [-0.2, 0) is 0 Å². The highest BCUT2D eigenvalue weighted by Gasteiger charge is 2.24. The van der Waals surface area contributed by atoms with Crippen LogP contribution >= 0.6 is 0 Å². The second-order valence-electron chi connectivity index (χ2n) is 6.70. The molecule has 1 aromatic carbocycles. The number of anilines is 1. The van der Waals surface area contributed by atoms with Crippen molar-refractivity contribution in [2.75, 3.05) is 50.7 Å². The summed E-state index contributed by atoms with van der Waals surface area (Å²) in [5.41, 5.74) is 1.41. The standard InChI is InChI=1S/C21H29N5O/c1-4-24-12-14-26(15-13-24)21(27)18-16-19(25(5-2)6-3)23-20(22-18)17-10-8-7-9-11-17/h7-11,16H,4-6,12-15H2,1-3H3. The van der Waals surface area contributed by atoms with Gasteiger partial charge >= 0.3 is 0 Å². The molecule has 0 N–H and O–H groups in total. The minimum Gasteiger partial charge on any atom is -0.357 e. The second-order valence-corrected chi connectivity index (χ2v) is 6.70. The molecule has 1 aliphatic heterocycles. The smallest absolute Gasteiger partial charge is 0.272 e. The third-order valence-electron chi connectivity index (χ3n) is 5.16. The number of carbonyl (C=O) groups excluding carboxylic acids is 1. The summed E-state index contributed by atoms with van der Waals surface area (Å²) < 4.78 is 0. The molecular formula is C21H29N5O. The molecule has 3 rings (SSSR count). The molecule has 2 aromatic rings. The number of carbonyl (C=O) groups is 1. The van der Waals surface area contributed by atoms with Gasteiger partial charge < -0.3 is 14.7 Å². The average Bonchev–Trinajstić information content (AvgIpc) is 2.74. The number of hydrogen-bond acceptors (Lipinski definition) is 5. The van der Waals surface area contributed by atoms with E-state index in [4.69, 9.17) is 4.98 Å². The van der Waals surface area contributed by atoms with E-state index in [1.165, 1.54) is 0 Å². The summed E-state index contributed by atoms with van der Waals surface area (Å²) in [4.78, 5) is 28.9. The van der Waals surface area contributed by atoms with Crippen molar-refractivity contribution in [3.8, 4) is 11.4 Å². The first-order chi connectivity index (χ1) is 13.2. The van der Waals surface area contributed by atoms with E-state index >= 15 is 0 Å². The van der Waals surface area contributed by atoms with Gasteiger partial charge in [0, 0.05) is 50.9 Å². The van der Waals surface area contributed by atoms with E-state index in [0.29, 0.717) is 11.5 Å². The Labute approximate surface area is 161 Å². The van der Waals surface area contributed by atoms with Crippen molar-refractivity contribution < 1.29 is 4.79 Å². The van der Waals surface area contributed by atoms with Crippen molar-refractivity contribution in [2.45, 2.75) is 20.8 Å². The fraction of sp³-hybridized carbons (Fsp3) is 0.476. The van der Waals surface area contributed by atoms with Crippen molar-refractivity contribution in [1.82, 2.24) is 19.8 Å². The summed E-state index contributed by atoms with van der Waals surface area (Å²) in [6.07, 6.45) is 0. The Morgan fingerprint density at radius 3 is 2.26 bits per heavy atom. The van der Waals surface area contributed by atoms with Crippen LogP contribution < -0.4 is 4.90 Å². The fourth-order valence-electron chi connectivity index (χ4n) is 3.40. The van der Waals surface area contributed by atoms with Gasteiger partial charge in [0.1, 0.15) is 11.5 Å². The molecule has 6 heteroatoms. The van der Waals surface area contributed by atoms with Crippen LogP contribution in [0.15, 0.2) is 36.4 Å². The van der Waals surface area contributed by atoms with Crippen LogP contribution in [0.2, 0.25) is 0 Å². The molecule has 6 nitrogen and oxygen atoms in total. The zero-order valence-corrected chi connectivity index (χ0v) is 16.6. The van der Waals surface area contributed by atoms with Gasteiger partial charge in [0.15, 0.2) is 5.82 Å². The zero-order valence-electron chi connectivity index (χ0n) is 16.6. The molecule has 1 amide bonds. The lowest BCUT2D eigenvalue weighted by Gasteiger charge is -2.34. The Balaban J connectivity index is 1.94. The fourth-order valence-corrected chi connectivity index (χ4v) is 3.40. The van der Waals surface area contributed by atoms with Gasteiger partial charge in [-0.1, -0.05) is 37.3 Å². The number of piperazine rings is 1. The minimum atomic E-state index is -0.00117. The van der Waals surface area contributed by atoms with Crippen molar-refractivity contribution in [2.24, 2.45) is 0 Å². The van der Waals surface area contributed by atoms with Gasteiger partial charge in [0.05, 0.1) is 0 Å². The van der Waals surface area contributed by atoms with Crippen LogP contribution in [0.1, 0.15) is 31.3 Å². The van der Waals surface area contributed by atoms with Gasteiger partial charge in [-0.25, -0.2) is 9.97 Å². The van der Waals surface area contributed by atoms with Gasteiger partial charge in [-0.2, -0.15) is 0 Å². The predicted molar refractivity (Wildman–Crippen MR) is 109 cm³/mol. The Morgan fingerprint density at radius 1 is 1.00 bits per heavy atom. The van der Waals surface area contributed by atoms with Gasteiger partial charge in [-0.15, -0.1) is 0 Å². The van der Waals surface area contributed by atoms with E-state index in [1.807, 2.05) is 41.3 Å². The van der Waals surface area contributed by atoms with Crippen molar-refractivity contribution in [3.05, 3.63) is 42.1 Å². The van der Waals surface area contributed by atoms with Crippen LogP contribution in [0.4, 0.5) is 5.82 Å². The number of amides is 1. The number of hydrogen-bond donors (Lipinski definition) is 0. The molecular weight excluding hydrogens is 338 g/mol. The third kappa shape index (κ3) is 4.45. The molecule has 27 heavy (non-hydrogen) atoms. The maximum Gasteiger partial charge on any atom is 0.272 e. The summed E-state index contributed by atoms with van der Waals surface area (Å²) in [6.45, 7) is 12.4. The molecule has 1 fully saturated rings. The lowest BCUT2D eigenvalue weighted by atomic mass is 10.2. The zero-order chi connectivity index (χ0) is 19.2. The second kappa shape index (κ2) is 8.95. The molecule has 0 aliphatic carbocycles. The van der Waals surface area contributed by atoms with Gasteiger partial charge in [-0.3, -0.25) is 4.79 Å². The quantitative estimate of drug-likeness (QED) is 0.786. The summed E-state index contributed by atoms with van der Waals surface area (Å²) in [7, 11) is 0. The Kier molecular flexibility index (Phi) is 6.40. The number of benzene rings is 1. The Bertz CT molecular complexity index is 752. The highest BCUT2D eigenvalue weighted by Crippen LogP contribution is 2.21. The van der Waals surface area contributed by atoms with Crippen LogP contribution in [0.5, 0.6) is 0 Å². The van der Waals surface area contributed by atoms with Crippen molar-refractivity contribution >= 4 is 11.7 Å². The summed E-state index contributed by atoms with van der Waals surface area (Å²) in [5.74, 6) is 1.42. The van der Waals surface area contributed by atoms with Crippen molar-refractivity contribution in [1.29, 1.82) is 0 Å². The van der Waals surface area contributed by atoms with Crippen LogP contribution in [0.3, 0.4) is 0 Å². The Morgan fingerprint density at radius 2 is 1.67 bits per heavy atom. The third-order valence-corrected chi connectivity index (χ3v) is 5.16. The van der Waals surface area contributed by atoms with E-state index in [9.17, 15) is 4.79 Å². The summed E-state index contributed by atoms with van der Waals surface area (Å²) >= 11 is 0. The molecule has 0 radical (unpaired) electrons. The maximum absolute atomic E-state index is 13.1. The largest absolute Gasteiger partial charge is 0.357 e. The average molecular weight is 367 g/mol. The van der Waals surface area contributed by atoms with Gasteiger partial charge in [0.2, 0.25) is 0 Å². The minimum absolute atomic E-state index is 0.00117. The van der Waals surface area contributed by atoms with Crippen LogP contribution in [0.25, 0.3) is 11.4 Å². The molecule has 1 aromatic heterocycles. The topological polar surface area (TPSA) is 52.6 Å². The summed E-state index contributed by atoms with van der Waals surface area (Å²) in [6, 6.07) is 11.7. The first kappa shape index (κ1) is 19.3. The first-order valence-corrected chi connectivity index (χ1v) is 9.87.